The van der Waals surface area contributed by atoms with Gasteiger partial charge in [-0.2, -0.15) is 0 Å². The SMILES string of the molecule is Cc1cccc(NC2CCN(S(C)(=O)=O)CC2)c1. The predicted octanol–water partition coefficient (Wildman–Crippen LogP) is 1.83. The van der Waals surface area contributed by atoms with Crippen molar-refractivity contribution in [3.05, 3.63) is 29.8 Å². The van der Waals surface area contributed by atoms with E-state index < -0.39 is 10.0 Å². The summed E-state index contributed by atoms with van der Waals surface area (Å²) < 4.78 is 24.4. The first-order valence-corrected chi connectivity index (χ1v) is 8.08. The minimum atomic E-state index is -3.02. The summed E-state index contributed by atoms with van der Waals surface area (Å²) in [7, 11) is -3.02. The lowest BCUT2D eigenvalue weighted by Gasteiger charge is -2.31. The molecule has 0 aromatic heterocycles. The highest BCUT2D eigenvalue weighted by Gasteiger charge is 2.24. The van der Waals surface area contributed by atoms with Gasteiger partial charge < -0.3 is 5.32 Å². The summed E-state index contributed by atoms with van der Waals surface area (Å²) in [5.74, 6) is 0. The van der Waals surface area contributed by atoms with Crippen LogP contribution in [0.2, 0.25) is 0 Å². The summed E-state index contributed by atoms with van der Waals surface area (Å²) in [5.41, 5.74) is 2.35. The van der Waals surface area contributed by atoms with Gasteiger partial charge >= 0.3 is 0 Å². The van der Waals surface area contributed by atoms with E-state index >= 15 is 0 Å². The fourth-order valence-electron chi connectivity index (χ4n) is 2.30. The molecular weight excluding hydrogens is 248 g/mol. The van der Waals surface area contributed by atoms with Crippen molar-refractivity contribution in [3.63, 3.8) is 0 Å². The summed E-state index contributed by atoms with van der Waals surface area (Å²) in [4.78, 5) is 0. The Morgan fingerprint density at radius 3 is 2.50 bits per heavy atom. The van der Waals surface area contributed by atoms with Gasteiger partial charge in [-0.3, -0.25) is 0 Å². The van der Waals surface area contributed by atoms with Crippen LogP contribution < -0.4 is 5.32 Å². The number of hydrogen-bond donors (Lipinski definition) is 1. The van der Waals surface area contributed by atoms with E-state index in [4.69, 9.17) is 0 Å². The molecule has 2 rings (SSSR count). The Kier molecular flexibility index (Phi) is 3.92. The molecule has 1 heterocycles. The number of anilines is 1. The van der Waals surface area contributed by atoms with Crippen molar-refractivity contribution in [2.75, 3.05) is 24.7 Å². The zero-order valence-corrected chi connectivity index (χ0v) is 11.7. The number of piperidine rings is 1. The highest BCUT2D eigenvalue weighted by molar-refractivity contribution is 7.88. The second-order valence-electron chi connectivity index (χ2n) is 4.95. The van der Waals surface area contributed by atoms with Crippen LogP contribution in [0.4, 0.5) is 5.69 Å². The average molecular weight is 268 g/mol. The smallest absolute Gasteiger partial charge is 0.211 e. The third-order valence-corrected chi connectivity index (χ3v) is 4.61. The molecule has 1 aromatic rings. The Labute approximate surface area is 109 Å². The molecule has 0 bridgehead atoms. The predicted molar refractivity (Wildman–Crippen MR) is 74.2 cm³/mol. The fraction of sp³-hybridized carbons (Fsp3) is 0.538. The molecule has 1 fully saturated rings. The summed E-state index contributed by atoms with van der Waals surface area (Å²) >= 11 is 0. The van der Waals surface area contributed by atoms with Gasteiger partial charge in [-0.25, -0.2) is 12.7 Å². The van der Waals surface area contributed by atoms with Crippen LogP contribution in [0.25, 0.3) is 0 Å². The Hall–Kier alpha value is -1.07. The summed E-state index contributed by atoms with van der Waals surface area (Å²) in [5, 5.41) is 3.47. The van der Waals surface area contributed by atoms with Gasteiger partial charge in [-0.05, 0) is 37.5 Å². The molecule has 0 saturated carbocycles. The fourth-order valence-corrected chi connectivity index (χ4v) is 3.18. The number of rotatable bonds is 3. The lowest BCUT2D eigenvalue weighted by atomic mass is 10.1. The van der Waals surface area contributed by atoms with Crippen LogP contribution in [0, 0.1) is 6.92 Å². The quantitative estimate of drug-likeness (QED) is 0.910. The highest BCUT2D eigenvalue weighted by atomic mass is 32.2. The van der Waals surface area contributed by atoms with E-state index in [1.807, 2.05) is 6.07 Å². The zero-order valence-electron chi connectivity index (χ0n) is 10.9. The molecule has 0 unspecified atom stereocenters. The molecule has 1 aliphatic rings. The van der Waals surface area contributed by atoms with Crippen LogP contribution in [0.5, 0.6) is 0 Å². The molecule has 1 aliphatic heterocycles. The van der Waals surface area contributed by atoms with E-state index in [-0.39, 0.29) is 0 Å². The van der Waals surface area contributed by atoms with Crippen LogP contribution in [0.1, 0.15) is 18.4 Å². The number of nitrogens with one attached hydrogen (secondary N) is 1. The molecule has 0 atom stereocenters. The van der Waals surface area contributed by atoms with Crippen LogP contribution >= 0.6 is 0 Å². The molecule has 100 valence electrons. The maximum atomic E-state index is 11.4. The summed E-state index contributed by atoms with van der Waals surface area (Å²) in [6.45, 7) is 3.29. The van der Waals surface area contributed by atoms with E-state index in [9.17, 15) is 8.42 Å². The topological polar surface area (TPSA) is 49.4 Å². The lowest BCUT2D eigenvalue weighted by Crippen LogP contribution is -2.41. The number of nitrogens with zero attached hydrogens (tertiary/aromatic N) is 1. The van der Waals surface area contributed by atoms with E-state index in [0.29, 0.717) is 19.1 Å². The molecule has 0 spiro atoms. The first-order chi connectivity index (χ1) is 8.45. The largest absolute Gasteiger partial charge is 0.382 e. The third kappa shape index (κ3) is 3.46. The van der Waals surface area contributed by atoms with Crippen LogP contribution in [0.3, 0.4) is 0 Å². The molecule has 1 aromatic carbocycles. The number of benzene rings is 1. The number of hydrogen-bond acceptors (Lipinski definition) is 3. The van der Waals surface area contributed by atoms with Gasteiger partial charge in [0.15, 0.2) is 0 Å². The molecule has 0 radical (unpaired) electrons. The second-order valence-corrected chi connectivity index (χ2v) is 6.93. The van der Waals surface area contributed by atoms with Gasteiger partial charge in [-0.1, -0.05) is 12.1 Å². The van der Waals surface area contributed by atoms with Crippen molar-refractivity contribution in [2.45, 2.75) is 25.8 Å². The van der Waals surface area contributed by atoms with E-state index in [0.717, 1.165) is 18.5 Å². The normalized spacial score (nSPS) is 18.8. The molecule has 0 amide bonds. The maximum Gasteiger partial charge on any atom is 0.211 e. The van der Waals surface area contributed by atoms with Crippen molar-refractivity contribution in [1.82, 2.24) is 4.31 Å². The van der Waals surface area contributed by atoms with Crippen LogP contribution in [-0.2, 0) is 10.0 Å². The van der Waals surface area contributed by atoms with Crippen molar-refractivity contribution < 1.29 is 8.42 Å². The first-order valence-electron chi connectivity index (χ1n) is 6.23. The minimum absolute atomic E-state index is 0.366. The van der Waals surface area contributed by atoms with Gasteiger partial charge in [0.25, 0.3) is 0 Å². The Balaban J connectivity index is 1.91. The van der Waals surface area contributed by atoms with E-state index in [2.05, 4.69) is 30.4 Å². The van der Waals surface area contributed by atoms with Crippen LogP contribution in [-0.4, -0.2) is 38.1 Å². The third-order valence-electron chi connectivity index (χ3n) is 3.31. The Bertz CT molecular complexity index is 505. The van der Waals surface area contributed by atoms with E-state index in [1.54, 1.807) is 4.31 Å². The zero-order chi connectivity index (χ0) is 13.2. The first kappa shape index (κ1) is 13.4. The minimum Gasteiger partial charge on any atom is -0.382 e. The molecule has 1 N–H and O–H groups in total. The van der Waals surface area contributed by atoms with Crippen molar-refractivity contribution in [1.29, 1.82) is 0 Å². The maximum absolute atomic E-state index is 11.4. The molecule has 18 heavy (non-hydrogen) atoms. The summed E-state index contributed by atoms with van der Waals surface area (Å²) in [6, 6.07) is 8.63. The molecule has 1 saturated heterocycles. The molecule has 5 heteroatoms. The van der Waals surface area contributed by atoms with Gasteiger partial charge in [0.05, 0.1) is 6.26 Å². The second kappa shape index (κ2) is 5.28. The van der Waals surface area contributed by atoms with Gasteiger partial charge in [-0.15, -0.1) is 0 Å². The van der Waals surface area contributed by atoms with Crippen LogP contribution in [0.15, 0.2) is 24.3 Å². The molecule has 0 aliphatic carbocycles. The lowest BCUT2D eigenvalue weighted by molar-refractivity contribution is 0.332. The average Bonchev–Trinajstić information content (AvgIpc) is 2.28. The standard InChI is InChI=1S/C13H20N2O2S/c1-11-4-3-5-13(10-11)14-12-6-8-15(9-7-12)18(2,16)17/h3-5,10,12,14H,6-9H2,1-2H3. The van der Waals surface area contributed by atoms with Crippen molar-refractivity contribution in [2.24, 2.45) is 0 Å². The van der Waals surface area contributed by atoms with Gasteiger partial charge in [0.1, 0.15) is 0 Å². The van der Waals surface area contributed by atoms with Crippen molar-refractivity contribution in [3.8, 4) is 0 Å². The van der Waals surface area contributed by atoms with Gasteiger partial charge in [0.2, 0.25) is 10.0 Å². The van der Waals surface area contributed by atoms with Gasteiger partial charge in [0, 0.05) is 24.8 Å². The molecule has 4 nitrogen and oxygen atoms in total. The number of sulfonamides is 1. The molecular formula is C13H20N2O2S. The Morgan fingerprint density at radius 1 is 1.28 bits per heavy atom. The van der Waals surface area contributed by atoms with Crippen molar-refractivity contribution >= 4 is 15.7 Å². The monoisotopic (exact) mass is 268 g/mol. The summed E-state index contributed by atoms with van der Waals surface area (Å²) in [6.07, 6.45) is 3.00. The Morgan fingerprint density at radius 2 is 1.94 bits per heavy atom. The highest BCUT2D eigenvalue weighted by Crippen LogP contribution is 2.18. The van der Waals surface area contributed by atoms with E-state index in [1.165, 1.54) is 11.8 Å². The number of aryl methyl sites for hydroxylation is 1.